The van der Waals surface area contributed by atoms with Crippen LogP contribution in [0.25, 0.3) is 27.6 Å². The second-order valence-corrected chi connectivity index (χ2v) is 6.35. The fraction of sp³-hybridized carbons (Fsp3) is 0.333. The third-order valence-electron chi connectivity index (χ3n) is 4.41. The van der Waals surface area contributed by atoms with Gasteiger partial charge in [-0.15, -0.1) is 11.6 Å². The van der Waals surface area contributed by atoms with Gasteiger partial charge in [0.2, 0.25) is 0 Å². The molecule has 3 aromatic carbocycles. The first-order chi connectivity index (χ1) is 10.8. The molecular weight excluding hydrogens is 288 g/mol. The number of benzene rings is 3. The molecule has 0 atom stereocenters. The zero-order valence-corrected chi connectivity index (χ0v) is 14.0. The largest absolute Gasteiger partial charge is 0.127 e. The van der Waals surface area contributed by atoms with E-state index in [0.717, 1.165) is 5.88 Å². The molecule has 0 unspecified atom stereocenters. The first-order valence-corrected chi connectivity index (χ1v) is 8.87. The van der Waals surface area contributed by atoms with Crippen molar-refractivity contribution in [3.63, 3.8) is 0 Å². The summed E-state index contributed by atoms with van der Waals surface area (Å²) in [5, 5.41) is 7.10. The van der Waals surface area contributed by atoms with Crippen LogP contribution in [0.4, 0.5) is 0 Å². The average molecular weight is 311 g/mol. The Morgan fingerprint density at radius 1 is 0.909 bits per heavy atom. The fourth-order valence-electron chi connectivity index (χ4n) is 3.29. The monoisotopic (exact) mass is 310 g/mol. The van der Waals surface area contributed by atoms with Gasteiger partial charge in [0.15, 0.2) is 0 Å². The molecule has 0 radical (unpaired) electrons. The van der Waals surface area contributed by atoms with Crippen LogP contribution in [-0.4, -0.2) is 5.88 Å². The molecule has 0 spiro atoms. The maximum absolute atomic E-state index is 5.38. The summed E-state index contributed by atoms with van der Waals surface area (Å²) in [4.78, 5) is 0. The summed E-state index contributed by atoms with van der Waals surface area (Å²) in [6.07, 6.45) is 8.47. The number of hydrogen-bond acceptors (Lipinski definition) is 0. The molecule has 0 amide bonds. The van der Waals surface area contributed by atoms with Crippen LogP contribution in [-0.2, 0) is 6.42 Å². The molecule has 1 heteroatoms. The molecule has 1 aliphatic carbocycles. The lowest BCUT2D eigenvalue weighted by Gasteiger charge is -2.14. The van der Waals surface area contributed by atoms with Crippen LogP contribution in [0.15, 0.2) is 42.5 Å². The standard InChI is InChI=1S/C16H12.C5H11Cl/c1-3-11-7-9-13-5-2-6-14-10-8-12(4-1)15(11)16(13)14;1-2-3-4-5-6/h1,3-5,7-10H,2,6H2;2-5H2,1H3. The van der Waals surface area contributed by atoms with E-state index < -0.39 is 0 Å². The van der Waals surface area contributed by atoms with Crippen molar-refractivity contribution in [1.82, 2.24) is 0 Å². The minimum Gasteiger partial charge on any atom is -0.127 e. The van der Waals surface area contributed by atoms with Crippen molar-refractivity contribution in [3.8, 4) is 0 Å². The maximum atomic E-state index is 5.38. The normalized spacial score (nSPS) is 12.8. The highest BCUT2D eigenvalue weighted by atomic mass is 35.5. The number of rotatable bonds is 3. The molecule has 22 heavy (non-hydrogen) atoms. The van der Waals surface area contributed by atoms with Crippen molar-refractivity contribution >= 4 is 39.2 Å². The van der Waals surface area contributed by atoms with E-state index in [1.807, 2.05) is 0 Å². The highest BCUT2D eigenvalue weighted by Gasteiger charge is 2.09. The topological polar surface area (TPSA) is 0 Å². The van der Waals surface area contributed by atoms with Crippen molar-refractivity contribution in [2.24, 2.45) is 0 Å². The first-order valence-electron chi connectivity index (χ1n) is 8.34. The molecule has 0 aliphatic heterocycles. The molecule has 4 rings (SSSR count). The second kappa shape index (κ2) is 7.15. The Hall–Kier alpha value is -1.53. The lowest BCUT2D eigenvalue weighted by atomic mass is 9.90. The lowest BCUT2D eigenvalue weighted by Crippen LogP contribution is -2.09. The first kappa shape index (κ1) is 15.4. The van der Waals surface area contributed by atoms with Crippen molar-refractivity contribution < 1.29 is 0 Å². The minimum atomic E-state index is 0.827. The van der Waals surface area contributed by atoms with E-state index in [2.05, 4.69) is 55.5 Å². The number of unbranched alkanes of at least 4 members (excludes halogenated alkanes) is 2. The van der Waals surface area contributed by atoms with Crippen LogP contribution in [0.1, 0.15) is 38.2 Å². The molecule has 3 aromatic rings. The van der Waals surface area contributed by atoms with Gasteiger partial charge in [-0.2, -0.15) is 0 Å². The minimum absolute atomic E-state index is 0.827. The number of alkyl halides is 1. The summed E-state index contributed by atoms with van der Waals surface area (Å²) >= 11 is 5.38. The van der Waals surface area contributed by atoms with E-state index >= 15 is 0 Å². The molecule has 0 saturated heterocycles. The predicted molar refractivity (Wildman–Crippen MR) is 99.7 cm³/mol. The molecule has 0 fully saturated rings. The van der Waals surface area contributed by atoms with Gasteiger partial charge >= 0.3 is 0 Å². The summed E-state index contributed by atoms with van der Waals surface area (Å²) in [5.74, 6) is 0.827. The zero-order valence-electron chi connectivity index (χ0n) is 13.2. The molecule has 0 N–H and O–H groups in total. The van der Waals surface area contributed by atoms with Crippen LogP contribution < -0.4 is 5.22 Å². The third-order valence-corrected chi connectivity index (χ3v) is 4.68. The van der Waals surface area contributed by atoms with E-state index in [0.29, 0.717) is 0 Å². The van der Waals surface area contributed by atoms with Crippen molar-refractivity contribution in [2.45, 2.75) is 39.0 Å². The molecule has 0 saturated carbocycles. The van der Waals surface area contributed by atoms with E-state index in [1.165, 1.54) is 64.4 Å². The SMILES string of the molecule is C1=c2ccc3cccc4ccc(c2c43)CC1.CCCCCCl. The highest BCUT2D eigenvalue weighted by Crippen LogP contribution is 2.29. The summed E-state index contributed by atoms with van der Waals surface area (Å²) in [7, 11) is 0. The van der Waals surface area contributed by atoms with Gasteiger partial charge in [0.25, 0.3) is 0 Å². The highest BCUT2D eigenvalue weighted by molar-refractivity contribution is 6.17. The van der Waals surface area contributed by atoms with Crippen molar-refractivity contribution in [1.29, 1.82) is 0 Å². The Labute approximate surface area is 137 Å². The number of halogens is 1. The average Bonchev–Trinajstić information content (AvgIpc) is 2.59. The van der Waals surface area contributed by atoms with Gasteiger partial charge in [0, 0.05) is 5.88 Å². The Bertz CT molecular complexity index is 797. The predicted octanol–water partition coefficient (Wildman–Crippen LogP) is 5.85. The molecule has 114 valence electrons. The van der Waals surface area contributed by atoms with Gasteiger partial charge < -0.3 is 0 Å². The van der Waals surface area contributed by atoms with Gasteiger partial charge in [-0.05, 0) is 51.6 Å². The Morgan fingerprint density at radius 3 is 2.36 bits per heavy atom. The van der Waals surface area contributed by atoms with Crippen LogP contribution in [0.5, 0.6) is 0 Å². The number of hydrogen-bond donors (Lipinski definition) is 0. The maximum Gasteiger partial charge on any atom is 0.0223 e. The molecule has 0 aromatic heterocycles. The molecule has 1 aliphatic rings. The van der Waals surface area contributed by atoms with Gasteiger partial charge in [-0.25, -0.2) is 0 Å². The summed E-state index contributed by atoms with van der Waals surface area (Å²) in [6.45, 7) is 2.17. The van der Waals surface area contributed by atoms with Gasteiger partial charge in [0.1, 0.15) is 0 Å². The Kier molecular flexibility index (Phi) is 5.00. The molecular formula is C21H23Cl. The molecule has 0 nitrogen and oxygen atoms in total. The van der Waals surface area contributed by atoms with Crippen LogP contribution in [0.2, 0.25) is 0 Å². The Balaban J connectivity index is 0.000000209. The zero-order chi connectivity index (χ0) is 15.4. The molecule has 0 bridgehead atoms. The second-order valence-electron chi connectivity index (χ2n) is 5.97. The molecule has 0 heterocycles. The van der Waals surface area contributed by atoms with E-state index in [4.69, 9.17) is 11.6 Å². The van der Waals surface area contributed by atoms with E-state index in [9.17, 15) is 0 Å². The quantitative estimate of drug-likeness (QED) is 0.420. The van der Waals surface area contributed by atoms with Gasteiger partial charge in [-0.3, -0.25) is 0 Å². The fourth-order valence-corrected chi connectivity index (χ4v) is 3.48. The number of aryl methyl sites for hydroxylation is 1. The third kappa shape index (κ3) is 2.98. The van der Waals surface area contributed by atoms with Gasteiger partial charge in [-0.1, -0.05) is 68.3 Å². The Morgan fingerprint density at radius 2 is 1.68 bits per heavy atom. The summed E-state index contributed by atoms with van der Waals surface area (Å²) in [5.41, 5.74) is 1.52. The smallest absolute Gasteiger partial charge is 0.0223 e. The van der Waals surface area contributed by atoms with Crippen LogP contribution in [0.3, 0.4) is 0 Å². The van der Waals surface area contributed by atoms with E-state index in [-0.39, 0.29) is 0 Å². The van der Waals surface area contributed by atoms with E-state index in [1.54, 1.807) is 0 Å². The summed E-state index contributed by atoms with van der Waals surface area (Å²) in [6, 6.07) is 15.6. The lowest BCUT2D eigenvalue weighted by molar-refractivity contribution is 0.776. The van der Waals surface area contributed by atoms with Crippen molar-refractivity contribution in [2.75, 3.05) is 5.88 Å². The van der Waals surface area contributed by atoms with Crippen LogP contribution >= 0.6 is 11.6 Å². The van der Waals surface area contributed by atoms with Crippen LogP contribution in [0, 0.1) is 0 Å². The summed E-state index contributed by atoms with van der Waals surface area (Å²) < 4.78 is 0. The van der Waals surface area contributed by atoms with Gasteiger partial charge in [0.05, 0.1) is 0 Å². The van der Waals surface area contributed by atoms with Crippen molar-refractivity contribution in [3.05, 3.63) is 53.2 Å².